The average Bonchev–Trinajstić information content (AvgIpc) is 3.34. The molecule has 0 fully saturated rings. The van der Waals surface area contributed by atoms with Crippen LogP contribution in [-0.4, -0.2) is 46.9 Å². The highest BCUT2D eigenvalue weighted by Gasteiger charge is 2.24. The maximum atomic E-state index is 13.3. The molecule has 0 aromatic heterocycles. The van der Waals surface area contributed by atoms with Crippen LogP contribution in [0.1, 0.15) is 290 Å². The van der Waals surface area contributed by atoms with E-state index in [4.69, 9.17) is 4.74 Å². The largest absolute Gasteiger partial charge is 0.462 e. The number of amides is 1. The lowest BCUT2D eigenvalue weighted by Gasteiger charge is -2.24. The third-order valence-electron chi connectivity index (χ3n) is 13.4. The number of ether oxygens (including phenoxy) is 1. The Hall–Kier alpha value is -2.70. The molecular formula is C63H113NO5. The van der Waals surface area contributed by atoms with Crippen molar-refractivity contribution >= 4 is 11.9 Å². The molecular weight excluding hydrogens is 851 g/mol. The van der Waals surface area contributed by atoms with Crippen LogP contribution in [0.5, 0.6) is 0 Å². The molecule has 0 saturated carbocycles. The summed E-state index contributed by atoms with van der Waals surface area (Å²) in [6, 6.07) is -0.715. The molecule has 0 aliphatic heterocycles. The van der Waals surface area contributed by atoms with Gasteiger partial charge in [-0.25, -0.2) is 0 Å². The molecule has 0 heterocycles. The Morgan fingerprint density at radius 1 is 0.435 bits per heavy atom. The van der Waals surface area contributed by atoms with Gasteiger partial charge in [0.1, 0.15) is 6.10 Å². The highest BCUT2D eigenvalue weighted by Crippen LogP contribution is 2.18. The minimum absolute atomic E-state index is 0.0566. The number of carbonyl (C=O) groups excluding carboxylic acids is 2. The number of carbonyl (C=O) groups is 2. The first kappa shape index (κ1) is 66.3. The predicted octanol–water partition coefficient (Wildman–Crippen LogP) is 18.5. The second kappa shape index (κ2) is 56.2. The fourth-order valence-corrected chi connectivity index (χ4v) is 8.83. The quantitative estimate of drug-likeness (QED) is 0.0244. The number of aliphatic hydroxyl groups is 2. The number of aliphatic hydroxyl groups excluding tert-OH is 2. The van der Waals surface area contributed by atoms with E-state index in [0.29, 0.717) is 19.3 Å². The van der Waals surface area contributed by atoms with Crippen LogP contribution in [0.4, 0.5) is 0 Å². The molecule has 0 aliphatic rings. The van der Waals surface area contributed by atoms with E-state index in [-0.39, 0.29) is 24.9 Å². The van der Waals surface area contributed by atoms with Crippen molar-refractivity contribution in [3.05, 3.63) is 72.9 Å². The van der Waals surface area contributed by atoms with Crippen LogP contribution < -0.4 is 5.32 Å². The van der Waals surface area contributed by atoms with Crippen molar-refractivity contribution in [2.24, 2.45) is 0 Å². The van der Waals surface area contributed by atoms with Crippen LogP contribution in [0.3, 0.4) is 0 Å². The van der Waals surface area contributed by atoms with Crippen LogP contribution in [0, 0.1) is 0 Å². The zero-order valence-corrected chi connectivity index (χ0v) is 45.7. The zero-order valence-electron chi connectivity index (χ0n) is 45.7. The molecule has 6 nitrogen and oxygen atoms in total. The van der Waals surface area contributed by atoms with Crippen molar-refractivity contribution in [2.75, 3.05) is 6.61 Å². The molecule has 69 heavy (non-hydrogen) atoms. The van der Waals surface area contributed by atoms with Gasteiger partial charge in [-0.05, 0) is 83.5 Å². The standard InChI is InChI=1S/C63H113NO5/c1-4-7-10-13-16-19-22-25-28-30-32-35-38-41-44-47-50-53-56-63(68)69-59(54-51-48-45-42-39-36-33-27-24-21-18-15-12-9-6-3)57-62(67)64-60(58-65)61(66)55-52-49-46-43-40-37-34-31-29-26-23-20-17-14-11-8-5-2/h16,18-19,21-22,25,27-28,30,32-33,35,59-61,65-66H,4-15,17,20,23-24,26,29,31,34,36-58H2,1-3H3,(H,64,67)/b19-16+,21-18-,25-22+,30-28+,33-27-,35-32+. The molecule has 1 amide bonds. The van der Waals surface area contributed by atoms with Gasteiger partial charge in [-0.2, -0.15) is 0 Å². The first-order chi connectivity index (χ1) is 34.0. The molecule has 0 spiro atoms. The number of unbranched alkanes of at least 4 members (excludes halogenated alkanes) is 32. The summed E-state index contributed by atoms with van der Waals surface area (Å²) in [6.45, 7) is 6.44. The molecule has 0 aliphatic carbocycles. The Balaban J connectivity index is 4.61. The third kappa shape index (κ3) is 51.5. The molecule has 0 saturated heterocycles. The van der Waals surface area contributed by atoms with Gasteiger partial charge >= 0.3 is 5.97 Å². The Labute approximate surface area is 428 Å². The summed E-state index contributed by atoms with van der Waals surface area (Å²) in [7, 11) is 0. The van der Waals surface area contributed by atoms with E-state index < -0.39 is 18.2 Å². The fraction of sp³-hybridized carbons (Fsp3) is 0.778. The third-order valence-corrected chi connectivity index (χ3v) is 13.4. The Morgan fingerprint density at radius 3 is 1.26 bits per heavy atom. The molecule has 0 rings (SSSR count). The first-order valence-electron chi connectivity index (χ1n) is 29.7. The second-order valence-electron chi connectivity index (χ2n) is 20.1. The van der Waals surface area contributed by atoms with Crippen LogP contribution in [0.25, 0.3) is 0 Å². The number of allylic oxidation sites excluding steroid dienone is 12. The van der Waals surface area contributed by atoms with E-state index in [2.05, 4.69) is 99.0 Å². The number of nitrogens with one attached hydrogen (secondary N) is 1. The van der Waals surface area contributed by atoms with Gasteiger partial charge in [-0.3, -0.25) is 9.59 Å². The van der Waals surface area contributed by atoms with Crippen molar-refractivity contribution in [3.8, 4) is 0 Å². The highest BCUT2D eigenvalue weighted by molar-refractivity contribution is 5.77. The highest BCUT2D eigenvalue weighted by atomic mass is 16.5. The smallest absolute Gasteiger partial charge is 0.306 e. The van der Waals surface area contributed by atoms with Crippen molar-refractivity contribution in [1.82, 2.24) is 5.32 Å². The van der Waals surface area contributed by atoms with Gasteiger partial charge < -0.3 is 20.3 Å². The summed E-state index contributed by atoms with van der Waals surface area (Å²) in [5.41, 5.74) is 0. The van der Waals surface area contributed by atoms with Gasteiger partial charge in [0.05, 0.1) is 25.2 Å². The van der Waals surface area contributed by atoms with Crippen LogP contribution in [0.2, 0.25) is 0 Å². The molecule has 0 radical (unpaired) electrons. The normalized spacial score (nSPS) is 13.6. The Kier molecular flexibility index (Phi) is 54.0. The average molecular weight is 965 g/mol. The molecule has 0 bridgehead atoms. The monoisotopic (exact) mass is 964 g/mol. The molecule has 3 N–H and O–H groups in total. The molecule has 400 valence electrons. The lowest BCUT2D eigenvalue weighted by Crippen LogP contribution is -2.46. The van der Waals surface area contributed by atoms with Crippen molar-refractivity contribution < 1.29 is 24.5 Å². The van der Waals surface area contributed by atoms with E-state index in [9.17, 15) is 19.8 Å². The maximum Gasteiger partial charge on any atom is 0.306 e. The lowest BCUT2D eigenvalue weighted by molar-refractivity contribution is -0.151. The number of hydrogen-bond donors (Lipinski definition) is 3. The summed E-state index contributed by atoms with van der Waals surface area (Å²) >= 11 is 0. The molecule has 3 atom stereocenters. The summed E-state index contributed by atoms with van der Waals surface area (Å²) in [5, 5.41) is 23.9. The molecule has 3 unspecified atom stereocenters. The van der Waals surface area contributed by atoms with Crippen molar-refractivity contribution in [3.63, 3.8) is 0 Å². The minimum Gasteiger partial charge on any atom is -0.462 e. The summed E-state index contributed by atoms with van der Waals surface area (Å²) in [4.78, 5) is 26.3. The van der Waals surface area contributed by atoms with Crippen LogP contribution in [0.15, 0.2) is 72.9 Å². The lowest BCUT2D eigenvalue weighted by atomic mass is 10.0. The van der Waals surface area contributed by atoms with Crippen LogP contribution in [-0.2, 0) is 14.3 Å². The predicted molar refractivity (Wildman–Crippen MR) is 301 cm³/mol. The first-order valence-corrected chi connectivity index (χ1v) is 29.7. The van der Waals surface area contributed by atoms with Gasteiger partial charge in [-0.1, -0.05) is 267 Å². The van der Waals surface area contributed by atoms with E-state index in [1.807, 2.05) is 0 Å². The van der Waals surface area contributed by atoms with E-state index >= 15 is 0 Å². The number of esters is 1. The van der Waals surface area contributed by atoms with Gasteiger partial charge in [-0.15, -0.1) is 0 Å². The van der Waals surface area contributed by atoms with Gasteiger partial charge in [0.15, 0.2) is 0 Å². The zero-order chi connectivity index (χ0) is 50.2. The molecule has 0 aromatic rings. The van der Waals surface area contributed by atoms with E-state index in [1.165, 1.54) is 148 Å². The van der Waals surface area contributed by atoms with E-state index in [1.54, 1.807) is 0 Å². The summed E-state index contributed by atoms with van der Waals surface area (Å²) < 4.78 is 5.95. The van der Waals surface area contributed by atoms with E-state index in [0.717, 1.165) is 96.3 Å². The Bertz CT molecular complexity index is 1270. The topological polar surface area (TPSA) is 95.9 Å². The minimum atomic E-state index is -0.800. The second-order valence-corrected chi connectivity index (χ2v) is 20.1. The SMILES string of the molecule is CCCCC/C=C\C/C=C\CCCCCCCC(CC(=O)NC(CO)C(O)CCCCCCCCCCCCCCCCCCC)OC(=O)CCCCCCC/C=C/C=C/C=C/C=C/CCCCC. The Morgan fingerprint density at radius 2 is 0.797 bits per heavy atom. The summed E-state index contributed by atoms with van der Waals surface area (Å²) in [5.74, 6) is -0.508. The van der Waals surface area contributed by atoms with Gasteiger partial charge in [0, 0.05) is 6.42 Å². The maximum absolute atomic E-state index is 13.3. The van der Waals surface area contributed by atoms with Gasteiger partial charge in [0.25, 0.3) is 0 Å². The van der Waals surface area contributed by atoms with Crippen molar-refractivity contribution in [2.45, 2.75) is 309 Å². The van der Waals surface area contributed by atoms with Gasteiger partial charge in [0.2, 0.25) is 5.91 Å². The summed E-state index contributed by atoms with van der Waals surface area (Å²) in [6.07, 6.45) is 72.4. The van der Waals surface area contributed by atoms with Crippen molar-refractivity contribution in [1.29, 1.82) is 0 Å². The molecule has 6 heteroatoms. The molecule has 0 aromatic carbocycles. The van der Waals surface area contributed by atoms with Crippen LogP contribution >= 0.6 is 0 Å². The fourth-order valence-electron chi connectivity index (χ4n) is 8.83. The number of hydrogen-bond acceptors (Lipinski definition) is 5. The number of rotatable bonds is 53.